The largest absolute Gasteiger partial charge is 0.352 e. The van der Waals surface area contributed by atoms with E-state index in [9.17, 15) is 14.4 Å². The highest BCUT2D eigenvalue weighted by molar-refractivity contribution is 6.01. The fourth-order valence-corrected chi connectivity index (χ4v) is 2.06. The van der Waals surface area contributed by atoms with Gasteiger partial charge in [0.25, 0.3) is 0 Å². The number of aromatic nitrogens is 1. The molecule has 1 aliphatic heterocycles. The van der Waals surface area contributed by atoms with Crippen LogP contribution >= 0.6 is 0 Å². The number of amides is 3. The summed E-state index contributed by atoms with van der Waals surface area (Å²) in [5, 5.41) is 2.79. The van der Waals surface area contributed by atoms with Gasteiger partial charge in [0, 0.05) is 44.7 Å². The van der Waals surface area contributed by atoms with Crippen LogP contribution in [-0.2, 0) is 20.9 Å². The fraction of sp³-hybridized carbons (Fsp3) is 0.429. The van der Waals surface area contributed by atoms with Crippen molar-refractivity contribution in [2.45, 2.75) is 32.2 Å². The van der Waals surface area contributed by atoms with Gasteiger partial charge in [-0.25, -0.2) is 0 Å². The average Bonchev–Trinajstić information content (AvgIpc) is 2.78. The normalized spacial score (nSPS) is 14.7. The highest BCUT2D eigenvalue weighted by Crippen LogP contribution is 2.12. The summed E-state index contributed by atoms with van der Waals surface area (Å²) in [4.78, 5) is 39.5. The maximum absolute atomic E-state index is 11.6. The molecule has 6 nitrogen and oxygen atoms in total. The first-order chi connectivity index (χ1) is 9.66. The maximum atomic E-state index is 11.6. The first-order valence-corrected chi connectivity index (χ1v) is 6.65. The summed E-state index contributed by atoms with van der Waals surface area (Å²) in [5.41, 5.74) is 0.984. The Morgan fingerprint density at radius 1 is 1.20 bits per heavy atom. The zero-order valence-corrected chi connectivity index (χ0v) is 11.2. The third-order valence-electron chi connectivity index (χ3n) is 3.18. The molecule has 3 amide bonds. The third-order valence-corrected chi connectivity index (χ3v) is 3.18. The van der Waals surface area contributed by atoms with Gasteiger partial charge in [0.1, 0.15) is 0 Å². The van der Waals surface area contributed by atoms with Gasteiger partial charge in [0.05, 0.1) is 0 Å². The lowest BCUT2D eigenvalue weighted by molar-refractivity contribution is -0.138. The maximum Gasteiger partial charge on any atom is 0.229 e. The van der Waals surface area contributed by atoms with Crippen molar-refractivity contribution in [3.63, 3.8) is 0 Å². The molecule has 106 valence electrons. The summed E-state index contributed by atoms with van der Waals surface area (Å²) in [6, 6.07) is 3.67. The molecule has 6 heteroatoms. The Labute approximate surface area is 117 Å². The minimum Gasteiger partial charge on any atom is -0.352 e. The molecule has 1 fully saturated rings. The van der Waals surface area contributed by atoms with Gasteiger partial charge >= 0.3 is 0 Å². The quantitative estimate of drug-likeness (QED) is 0.772. The van der Waals surface area contributed by atoms with E-state index in [2.05, 4.69) is 10.3 Å². The van der Waals surface area contributed by atoms with Crippen LogP contribution in [0.15, 0.2) is 24.5 Å². The molecule has 0 bridgehead atoms. The van der Waals surface area contributed by atoms with E-state index in [-0.39, 0.29) is 17.7 Å². The van der Waals surface area contributed by atoms with Crippen molar-refractivity contribution < 1.29 is 14.4 Å². The van der Waals surface area contributed by atoms with Crippen LogP contribution in [0.2, 0.25) is 0 Å². The highest BCUT2D eigenvalue weighted by atomic mass is 16.2. The first kappa shape index (κ1) is 14.2. The topological polar surface area (TPSA) is 79.4 Å². The predicted octanol–water partition coefficient (Wildman–Crippen LogP) is 0.627. The first-order valence-electron chi connectivity index (χ1n) is 6.65. The SMILES string of the molecule is O=C(CCCN1C(=O)CCC1=O)NCc1ccncc1. The van der Waals surface area contributed by atoms with Gasteiger partial charge in [-0.05, 0) is 24.1 Å². The minimum atomic E-state index is -0.132. The van der Waals surface area contributed by atoms with Gasteiger partial charge in [-0.15, -0.1) is 0 Å². The summed E-state index contributed by atoms with van der Waals surface area (Å²) in [6.45, 7) is 0.795. The van der Waals surface area contributed by atoms with Crippen molar-refractivity contribution in [2.24, 2.45) is 0 Å². The van der Waals surface area contributed by atoms with E-state index >= 15 is 0 Å². The van der Waals surface area contributed by atoms with Gasteiger partial charge in [-0.2, -0.15) is 0 Å². The Kier molecular flexibility index (Phi) is 4.81. The lowest BCUT2D eigenvalue weighted by Crippen LogP contribution is -2.31. The smallest absolute Gasteiger partial charge is 0.229 e. The van der Waals surface area contributed by atoms with Crippen LogP contribution in [0.3, 0.4) is 0 Å². The van der Waals surface area contributed by atoms with Crippen LogP contribution in [0.1, 0.15) is 31.2 Å². The highest BCUT2D eigenvalue weighted by Gasteiger charge is 2.28. The Morgan fingerprint density at radius 2 is 1.85 bits per heavy atom. The van der Waals surface area contributed by atoms with Crippen LogP contribution < -0.4 is 5.32 Å². The summed E-state index contributed by atoms with van der Waals surface area (Å²) in [5.74, 6) is -0.347. The molecule has 1 aromatic rings. The van der Waals surface area contributed by atoms with Crippen LogP contribution in [-0.4, -0.2) is 34.2 Å². The molecule has 0 spiro atoms. The molecule has 0 unspecified atom stereocenters. The molecule has 1 aromatic heterocycles. The van der Waals surface area contributed by atoms with Gasteiger partial charge in [0.2, 0.25) is 17.7 Å². The summed E-state index contributed by atoms with van der Waals surface area (Å²) < 4.78 is 0. The number of nitrogens with zero attached hydrogens (tertiary/aromatic N) is 2. The lowest BCUT2D eigenvalue weighted by atomic mass is 10.2. The van der Waals surface area contributed by atoms with Crippen molar-refractivity contribution in [3.8, 4) is 0 Å². The number of carbonyl (C=O) groups excluding carboxylic acids is 3. The van der Waals surface area contributed by atoms with E-state index in [0.717, 1.165) is 5.56 Å². The van der Waals surface area contributed by atoms with Gasteiger partial charge < -0.3 is 5.32 Å². The Morgan fingerprint density at radius 3 is 2.50 bits per heavy atom. The lowest BCUT2D eigenvalue weighted by Gasteiger charge is -2.13. The number of pyridine rings is 1. The molecule has 0 aromatic carbocycles. The van der Waals surface area contributed by atoms with Gasteiger partial charge in [-0.3, -0.25) is 24.3 Å². The molecule has 1 saturated heterocycles. The van der Waals surface area contributed by atoms with Crippen molar-refractivity contribution in [2.75, 3.05) is 6.54 Å². The summed E-state index contributed by atoms with van der Waals surface area (Å²) in [7, 11) is 0. The van der Waals surface area contributed by atoms with E-state index in [0.29, 0.717) is 38.8 Å². The molecule has 2 rings (SSSR count). The number of likely N-dealkylation sites (tertiary alicyclic amines) is 1. The fourth-order valence-electron chi connectivity index (χ4n) is 2.06. The van der Waals surface area contributed by atoms with Gasteiger partial charge in [0.15, 0.2) is 0 Å². The van der Waals surface area contributed by atoms with Crippen LogP contribution in [0, 0.1) is 0 Å². The monoisotopic (exact) mass is 275 g/mol. The summed E-state index contributed by atoms with van der Waals surface area (Å²) in [6.07, 6.45) is 4.75. The van der Waals surface area contributed by atoms with Gasteiger partial charge in [-0.1, -0.05) is 0 Å². The summed E-state index contributed by atoms with van der Waals surface area (Å²) >= 11 is 0. The van der Waals surface area contributed by atoms with E-state index in [1.807, 2.05) is 12.1 Å². The molecule has 20 heavy (non-hydrogen) atoms. The molecule has 2 heterocycles. The van der Waals surface area contributed by atoms with Crippen molar-refractivity contribution in [1.29, 1.82) is 0 Å². The molecular formula is C14H17N3O3. The zero-order chi connectivity index (χ0) is 14.4. The molecule has 0 saturated carbocycles. The number of hydrogen-bond donors (Lipinski definition) is 1. The molecule has 1 N–H and O–H groups in total. The van der Waals surface area contributed by atoms with Crippen LogP contribution in [0.4, 0.5) is 0 Å². The number of hydrogen-bond acceptors (Lipinski definition) is 4. The van der Waals surface area contributed by atoms with Crippen molar-refractivity contribution in [1.82, 2.24) is 15.2 Å². The Bertz CT molecular complexity index is 486. The number of imide groups is 1. The molecule has 1 aliphatic rings. The third kappa shape index (κ3) is 3.88. The average molecular weight is 275 g/mol. The molecule has 0 atom stereocenters. The van der Waals surface area contributed by atoms with E-state index < -0.39 is 0 Å². The van der Waals surface area contributed by atoms with E-state index in [1.165, 1.54) is 4.90 Å². The predicted molar refractivity (Wildman–Crippen MR) is 71.3 cm³/mol. The second-order valence-electron chi connectivity index (χ2n) is 4.67. The molecule has 0 aliphatic carbocycles. The van der Waals surface area contributed by atoms with E-state index in [1.54, 1.807) is 12.4 Å². The van der Waals surface area contributed by atoms with Crippen molar-refractivity contribution in [3.05, 3.63) is 30.1 Å². The molecular weight excluding hydrogens is 258 g/mol. The Balaban J connectivity index is 1.65. The van der Waals surface area contributed by atoms with Crippen LogP contribution in [0.5, 0.6) is 0 Å². The van der Waals surface area contributed by atoms with E-state index in [4.69, 9.17) is 0 Å². The number of carbonyl (C=O) groups is 3. The molecule has 0 radical (unpaired) electrons. The van der Waals surface area contributed by atoms with Crippen molar-refractivity contribution >= 4 is 17.7 Å². The number of nitrogens with one attached hydrogen (secondary N) is 1. The Hall–Kier alpha value is -2.24. The standard InChI is InChI=1S/C14H17N3O3/c18-12(16-10-11-5-7-15-8-6-11)2-1-9-17-13(19)3-4-14(17)20/h5-8H,1-4,9-10H2,(H,16,18). The second kappa shape index (κ2) is 6.79. The van der Waals surface area contributed by atoms with Crippen LogP contribution in [0.25, 0.3) is 0 Å². The number of rotatable bonds is 6. The second-order valence-corrected chi connectivity index (χ2v) is 4.67. The zero-order valence-electron chi connectivity index (χ0n) is 11.2. The minimum absolute atomic E-state index is 0.0825.